The van der Waals surface area contributed by atoms with Crippen LogP contribution in [0.1, 0.15) is 12.0 Å². The van der Waals surface area contributed by atoms with Gasteiger partial charge in [-0.3, -0.25) is 10.5 Å². The van der Waals surface area contributed by atoms with E-state index in [1.165, 1.54) is 0 Å². The number of aromatic nitrogens is 2. The third-order valence-electron chi connectivity index (χ3n) is 2.87. The molecule has 106 valence electrons. The fourth-order valence-corrected chi connectivity index (χ4v) is 1.82. The molecule has 6 heteroatoms. The van der Waals surface area contributed by atoms with E-state index < -0.39 is 5.97 Å². The molecule has 0 fully saturated rings. The maximum atomic E-state index is 10.6. The molecule has 0 aliphatic carbocycles. The zero-order valence-electron chi connectivity index (χ0n) is 11.1. The Morgan fingerprint density at radius 3 is 2.60 bits per heavy atom. The molecule has 0 saturated heterocycles. The Hall–Kier alpha value is -1.95. The number of rotatable bonds is 4. The van der Waals surface area contributed by atoms with Crippen molar-refractivity contribution < 1.29 is 31.6 Å². The summed E-state index contributed by atoms with van der Waals surface area (Å²) in [7, 11) is 0. The summed E-state index contributed by atoms with van der Waals surface area (Å²) in [5.74, 6) is -0.364. The number of carbonyl (C=O) groups is 1. The van der Waals surface area contributed by atoms with Gasteiger partial charge in [0.05, 0.1) is 6.42 Å². The van der Waals surface area contributed by atoms with Gasteiger partial charge in [0.15, 0.2) is 0 Å². The Kier molecular flexibility index (Phi) is 5.64. The van der Waals surface area contributed by atoms with E-state index >= 15 is 0 Å². The van der Waals surface area contributed by atoms with Crippen LogP contribution in [0.3, 0.4) is 0 Å². The monoisotopic (exact) mass is 337 g/mol. The first-order valence-corrected chi connectivity index (χ1v) is 6.02. The number of anilines is 1. The third-order valence-corrected chi connectivity index (χ3v) is 2.87. The standard InChI is InChI=1S/C14H15N3O2.BrH/c1-10-9-12(11-5-3-2-4-6-11)16-17(14(10)15)8-7-13(18)19;/h2-6,9,15H,7-8H2,1H3,(H,18,19);1H. The van der Waals surface area contributed by atoms with Crippen molar-refractivity contribution >= 4 is 11.8 Å². The van der Waals surface area contributed by atoms with Gasteiger partial charge in [-0.25, -0.2) is 0 Å². The maximum Gasteiger partial charge on any atom is 0.307 e. The number of hydrogen-bond donors (Lipinski definition) is 2. The average molecular weight is 338 g/mol. The van der Waals surface area contributed by atoms with Crippen LogP contribution in [-0.4, -0.2) is 16.2 Å². The average Bonchev–Trinajstić information content (AvgIpc) is 2.41. The number of halogens is 1. The minimum atomic E-state index is -0.864. The minimum Gasteiger partial charge on any atom is -1.00 e. The molecule has 3 N–H and O–H groups in total. The molecule has 0 unspecified atom stereocenters. The molecule has 20 heavy (non-hydrogen) atoms. The van der Waals surface area contributed by atoms with Crippen LogP contribution >= 0.6 is 0 Å². The van der Waals surface area contributed by atoms with Crippen LogP contribution in [-0.2, 0) is 11.3 Å². The molecule has 0 spiro atoms. The minimum absolute atomic E-state index is 0. The zero-order chi connectivity index (χ0) is 13.8. The van der Waals surface area contributed by atoms with E-state index in [1.54, 1.807) is 4.68 Å². The smallest absolute Gasteiger partial charge is 0.307 e. The van der Waals surface area contributed by atoms with Gasteiger partial charge in [-0.15, -0.1) is 4.68 Å². The van der Waals surface area contributed by atoms with Crippen LogP contribution in [0, 0.1) is 6.92 Å². The van der Waals surface area contributed by atoms with Gasteiger partial charge in [0, 0.05) is 11.1 Å². The van der Waals surface area contributed by atoms with Crippen LogP contribution < -0.4 is 27.4 Å². The molecule has 5 nitrogen and oxygen atoms in total. The number of nitrogens with zero attached hydrogens (tertiary/aromatic N) is 2. The summed E-state index contributed by atoms with van der Waals surface area (Å²) in [6.07, 6.45) is -0.000447. The van der Waals surface area contributed by atoms with Crippen LogP contribution in [0.4, 0.5) is 5.82 Å². The summed E-state index contributed by atoms with van der Waals surface area (Å²) < 4.78 is 1.55. The van der Waals surface area contributed by atoms with Crippen LogP contribution in [0.15, 0.2) is 36.4 Å². The van der Waals surface area contributed by atoms with Gasteiger partial charge in [0.25, 0.3) is 5.82 Å². The molecular formula is C14H16BrN3O2. The molecule has 0 bridgehead atoms. The van der Waals surface area contributed by atoms with E-state index in [9.17, 15) is 4.79 Å². The van der Waals surface area contributed by atoms with Gasteiger partial charge in [-0.05, 0) is 13.0 Å². The Balaban J connectivity index is 0.00000200. The van der Waals surface area contributed by atoms with E-state index in [2.05, 4.69) is 5.10 Å². The first-order valence-electron chi connectivity index (χ1n) is 6.02. The highest BCUT2D eigenvalue weighted by molar-refractivity contribution is 5.66. The first-order chi connectivity index (χ1) is 9.08. The van der Waals surface area contributed by atoms with Crippen molar-refractivity contribution in [3.05, 3.63) is 42.0 Å². The van der Waals surface area contributed by atoms with Crippen molar-refractivity contribution in [2.45, 2.75) is 19.9 Å². The number of benzene rings is 1. The largest absolute Gasteiger partial charge is 1.00 e. The van der Waals surface area contributed by atoms with Crippen molar-refractivity contribution in [2.75, 3.05) is 5.73 Å². The number of nitrogen functional groups attached to an aromatic ring is 1. The summed E-state index contributed by atoms with van der Waals surface area (Å²) in [5.41, 5.74) is 8.58. The topological polar surface area (TPSA) is 80.1 Å². The van der Waals surface area contributed by atoms with Crippen molar-refractivity contribution in [2.24, 2.45) is 0 Å². The summed E-state index contributed by atoms with van der Waals surface area (Å²) in [5, 5.41) is 13.1. The van der Waals surface area contributed by atoms with E-state index in [0.29, 0.717) is 5.82 Å². The van der Waals surface area contributed by atoms with Crippen LogP contribution in [0.5, 0.6) is 0 Å². The Morgan fingerprint density at radius 1 is 1.35 bits per heavy atom. The quantitative estimate of drug-likeness (QED) is 0.659. The molecule has 1 heterocycles. The van der Waals surface area contributed by atoms with Gasteiger partial charge in [-0.2, -0.15) is 0 Å². The van der Waals surface area contributed by atoms with Crippen LogP contribution in [0.25, 0.3) is 11.3 Å². The number of carboxylic acids is 1. The Morgan fingerprint density at radius 2 is 2.00 bits per heavy atom. The molecule has 0 saturated carbocycles. The van der Waals surface area contributed by atoms with E-state index in [1.807, 2.05) is 43.3 Å². The number of aliphatic carboxylic acids is 1. The van der Waals surface area contributed by atoms with Gasteiger partial charge in [-0.1, -0.05) is 35.4 Å². The fraction of sp³-hybridized carbons (Fsp3) is 0.214. The van der Waals surface area contributed by atoms with Crippen molar-refractivity contribution in [3.63, 3.8) is 0 Å². The van der Waals surface area contributed by atoms with Crippen LogP contribution in [0.2, 0.25) is 0 Å². The van der Waals surface area contributed by atoms with Gasteiger partial charge in [0.2, 0.25) is 0 Å². The zero-order valence-corrected chi connectivity index (χ0v) is 12.7. The third kappa shape index (κ3) is 3.77. The Labute approximate surface area is 127 Å². The SMILES string of the molecule is Cc1cc(-c2ccccc2)n[n+](CCC(=O)O)c1N.[Br-]. The molecule has 2 rings (SSSR count). The number of nitrogens with two attached hydrogens (primary N) is 1. The lowest BCUT2D eigenvalue weighted by atomic mass is 10.1. The number of aryl methyl sites for hydroxylation is 2. The Bertz CT molecular complexity index is 603. The van der Waals surface area contributed by atoms with E-state index in [4.69, 9.17) is 10.8 Å². The lowest BCUT2D eigenvalue weighted by Crippen LogP contribution is -3.00. The molecule has 1 aromatic carbocycles. The second-order valence-corrected chi connectivity index (χ2v) is 4.33. The second-order valence-electron chi connectivity index (χ2n) is 4.33. The molecule has 0 atom stereocenters. The lowest BCUT2D eigenvalue weighted by Gasteiger charge is -2.06. The summed E-state index contributed by atoms with van der Waals surface area (Å²) >= 11 is 0. The highest BCUT2D eigenvalue weighted by Crippen LogP contribution is 2.17. The molecule has 0 radical (unpaired) electrons. The highest BCUT2D eigenvalue weighted by Gasteiger charge is 2.14. The molecule has 0 amide bonds. The van der Waals surface area contributed by atoms with Gasteiger partial charge < -0.3 is 22.1 Å². The maximum absolute atomic E-state index is 10.6. The predicted molar refractivity (Wildman–Crippen MR) is 71.3 cm³/mol. The first kappa shape index (κ1) is 16.1. The van der Waals surface area contributed by atoms with Crippen molar-refractivity contribution in [1.82, 2.24) is 5.10 Å². The number of hydrogen-bond acceptors (Lipinski definition) is 3. The molecule has 2 aromatic rings. The summed E-state index contributed by atoms with van der Waals surface area (Å²) in [4.78, 5) is 10.6. The normalized spacial score (nSPS) is 9.85. The molecule has 0 aliphatic heterocycles. The molecular weight excluding hydrogens is 322 g/mol. The number of carboxylic acid groups (broad SMARTS) is 1. The van der Waals surface area contributed by atoms with Gasteiger partial charge in [0.1, 0.15) is 12.2 Å². The second kappa shape index (κ2) is 7.00. The van der Waals surface area contributed by atoms with E-state index in [-0.39, 0.29) is 29.9 Å². The lowest BCUT2D eigenvalue weighted by molar-refractivity contribution is -0.738. The molecule has 1 aromatic heterocycles. The van der Waals surface area contributed by atoms with Gasteiger partial charge >= 0.3 is 5.97 Å². The predicted octanol–water partition coefficient (Wildman–Crippen LogP) is -1.59. The molecule has 0 aliphatic rings. The summed E-state index contributed by atoms with van der Waals surface area (Å²) in [6.45, 7) is 2.16. The summed E-state index contributed by atoms with van der Waals surface area (Å²) in [6, 6.07) is 11.6. The highest BCUT2D eigenvalue weighted by atomic mass is 79.9. The van der Waals surface area contributed by atoms with E-state index in [0.717, 1.165) is 16.8 Å². The van der Waals surface area contributed by atoms with Crippen molar-refractivity contribution in [1.29, 1.82) is 0 Å². The van der Waals surface area contributed by atoms with Crippen molar-refractivity contribution in [3.8, 4) is 11.3 Å². The fourth-order valence-electron chi connectivity index (χ4n) is 1.82.